The number of imidazole rings is 1. The van der Waals surface area contributed by atoms with Crippen molar-refractivity contribution in [3.63, 3.8) is 0 Å². The summed E-state index contributed by atoms with van der Waals surface area (Å²) in [6.07, 6.45) is 0. The Kier molecular flexibility index (Phi) is 3.48. The minimum atomic E-state index is 0.357. The standard InChI is InChI=1S/C14H18BrN3/c1-8(2)14-17-12(13(16)18(14)4)10-6-5-9(3)7-11(10)15/h5-8H,16H2,1-4H3. The van der Waals surface area contributed by atoms with Gasteiger partial charge in [-0.1, -0.05) is 41.9 Å². The lowest BCUT2D eigenvalue weighted by atomic mass is 10.1. The van der Waals surface area contributed by atoms with Crippen molar-refractivity contribution in [1.82, 2.24) is 9.55 Å². The van der Waals surface area contributed by atoms with Crippen LogP contribution in [0.5, 0.6) is 0 Å². The van der Waals surface area contributed by atoms with E-state index in [4.69, 9.17) is 5.73 Å². The summed E-state index contributed by atoms with van der Waals surface area (Å²) in [5.74, 6) is 2.08. The molecule has 96 valence electrons. The Morgan fingerprint density at radius 2 is 2.00 bits per heavy atom. The first kappa shape index (κ1) is 13.1. The van der Waals surface area contributed by atoms with E-state index in [2.05, 4.69) is 59.9 Å². The van der Waals surface area contributed by atoms with E-state index >= 15 is 0 Å². The molecule has 18 heavy (non-hydrogen) atoms. The van der Waals surface area contributed by atoms with E-state index in [0.717, 1.165) is 21.6 Å². The van der Waals surface area contributed by atoms with Crippen LogP contribution in [0.2, 0.25) is 0 Å². The number of benzene rings is 1. The van der Waals surface area contributed by atoms with Gasteiger partial charge in [-0.3, -0.25) is 0 Å². The van der Waals surface area contributed by atoms with Crippen LogP contribution in [0.1, 0.15) is 31.2 Å². The number of anilines is 1. The van der Waals surface area contributed by atoms with Crippen LogP contribution in [-0.4, -0.2) is 9.55 Å². The summed E-state index contributed by atoms with van der Waals surface area (Å²) < 4.78 is 2.99. The highest BCUT2D eigenvalue weighted by Gasteiger charge is 2.17. The van der Waals surface area contributed by atoms with Crippen LogP contribution in [0, 0.1) is 6.92 Å². The van der Waals surface area contributed by atoms with Crippen molar-refractivity contribution in [3.8, 4) is 11.3 Å². The van der Waals surface area contributed by atoms with Crippen molar-refractivity contribution >= 4 is 21.7 Å². The predicted molar refractivity (Wildman–Crippen MR) is 79.6 cm³/mol. The van der Waals surface area contributed by atoms with Gasteiger partial charge in [0.1, 0.15) is 17.3 Å². The molecule has 1 aromatic heterocycles. The third-order valence-electron chi connectivity index (χ3n) is 3.07. The molecule has 2 rings (SSSR count). The van der Waals surface area contributed by atoms with Crippen molar-refractivity contribution in [2.75, 3.05) is 5.73 Å². The molecule has 1 heterocycles. The first-order valence-corrected chi connectivity index (χ1v) is 6.79. The van der Waals surface area contributed by atoms with E-state index in [1.54, 1.807) is 0 Å². The largest absolute Gasteiger partial charge is 0.383 e. The lowest BCUT2D eigenvalue weighted by Gasteiger charge is -2.05. The zero-order valence-corrected chi connectivity index (χ0v) is 12.7. The van der Waals surface area contributed by atoms with E-state index < -0.39 is 0 Å². The zero-order chi connectivity index (χ0) is 13.4. The van der Waals surface area contributed by atoms with E-state index in [1.807, 2.05) is 11.6 Å². The third kappa shape index (κ3) is 2.17. The molecule has 0 aliphatic carbocycles. The highest BCUT2D eigenvalue weighted by molar-refractivity contribution is 9.10. The minimum absolute atomic E-state index is 0.357. The van der Waals surface area contributed by atoms with Gasteiger partial charge < -0.3 is 10.3 Å². The van der Waals surface area contributed by atoms with Gasteiger partial charge in [-0.15, -0.1) is 0 Å². The molecule has 0 fully saturated rings. The summed E-state index contributed by atoms with van der Waals surface area (Å²) >= 11 is 3.58. The van der Waals surface area contributed by atoms with Gasteiger partial charge >= 0.3 is 0 Å². The maximum atomic E-state index is 6.16. The van der Waals surface area contributed by atoms with Crippen molar-refractivity contribution in [2.45, 2.75) is 26.7 Å². The van der Waals surface area contributed by atoms with Gasteiger partial charge in [-0.05, 0) is 18.6 Å². The molecule has 0 aliphatic heterocycles. The van der Waals surface area contributed by atoms with Gasteiger partial charge in [0.15, 0.2) is 0 Å². The first-order valence-electron chi connectivity index (χ1n) is 6.00. The predicted octanol–water partition coefficient (Wildman–Crippen LogP) is 3.86. The number of hydrogen-bond acceptors (Lipinski definition) is 2. The van der Waals surface area contributed by atoms with Crippen LogP contribution in [0.3, 0.4) is 0 Å². The Morgan fingerprint density at radius 3 is 2.50 bits per heavy atom. The maximum Gasteiger partial charge on any atom is 0.131 e. The fourth-order valence-electron chi connectivity index (χ4n) is 2.06. The van der Waals surface area contributed by atoms with Gasteiger partial charge in [0.2, 0.25) is 0 Å². The lowest BCUT2D eigenvalue weighted by molar-refractivity contribution is 0.715. The average molecular weight is 308 g/mol. The molecule has 1 aromatic carbocycles. The number of aromatic nitrogens is 2. The molecule has 2 N–H and O–H groups in total. The van der Waals surface area contributed by atoms with Crippen LogP contribution in [0.25, 0.3) is 11.3 Å². The number of hydrogen-bond donors (Lipinski definition) is 1. The molecule has 0 bridgehead atoms. The monoisotopic (exact) mass is 307 g/mol. The molecule has 0 saturated carbocycles. The van der Waals surface area contributed by atoms with Crippen LogP contribution >= 0.6 is 15.9 Å². The maximum absolute atomic E-state index is 6.16. The minimum Gasteiger partial charge on any atom is -0.383 e. The van der Waals surface area contributed by atoms with Gasteiger partial charge in [-0.2, -0.15) is 0 Å². The van der Waals surface area contributed by atoms with Crippen molar-refractivity contribution < 1.29 is 0 Å². The van der Waals surface area contributed by atoms with Crippen molar-refractivity contribution in [2.24, 2.45) is 7.05 Å². The van der Waals surface area contributed by atoms with E-state index in [0.29, 0.717) is 11.7 Å². The second kappa shape index (κ2) is 4.76. The highest BCUT2D eigenvalue weighted by atomic mass is 79.9. The Balaban J connectivity index is 2.61. The second-order valence-corrected chi connectivity index (χ2v) is 5.76. The molecular weight excluding hydrogens is 290 g/mol. The molecule has 3 nitrogen and oxygen atoms in total. The molecule has 2 aromatic rings. The summed E-state index contributed by atoms with van der Waals surface area (Å²) in [5, 5.41) is 0. The topological polar surface area (TPSA) is 43.8 Å². The molecule has 0 atom stereocenters. The molecule has 0 saturated heterocycles. The molecule has 0 spiro atoms. The number of rotatable bonds is 2. The average Bonchev–Trinajstić information content (AvgIpc) is 2.57. The number of aryl methyl sites for hydroxylation is 1. The van der Waals surface area contributed by atoms with Crippen LogP contribution in [0.15, 0.2) is 22.7 Å². The Morgan fingerprint density at radius 1 is 1.33 bits per heavy atom. The van der Waals surface area contributed by atoms with Gasteiger partial charge in [0.25, 0.3) is 0 Å². The fraction of sp³-hybridized carbons (Fsp3) is 0.357. The van der Waals surface area contributed by atoms with Crippen LogP contribution < -0.4 is 5.73 Å². The molecule has 0 amide bonds. The van der Waals surface area contributed by atoms with Gasteiger partial charge in [-0.25, -0.2) is 4.98 Å². The molecule has 0 radical (unpaired) electrons. The lowest BCUT2D eigenvalue weighted by Crippen LogP contribution is -2.02. The smallest absolute Gasteiger partial charge is 0.131 e. The Bertz CT molecular complexity index is 585. The SMILES string of the molecule is Cc1ccc(-c2nc(C(C)C)n(C)c2N)c(Br)c1. The Hall–Kier alpha value is -1.29. The molecule has 4 heteroatoms. The first-order chi connectivity index (χ1) is 8.41. The third-order valence-corrected chi connectivity index (χ3v) is 3.73. The summed E-state index contributed by atoms with van der Waals surface area (Å²) in [7, 11) is 1.96. The van der Waals surface area contributed by atoms with Crippen molar-refractivity contribution in [1.29, 1.82) is 0 Å². The van der Waals surface area contributed by atoms with Gasteiger partial charge in [0.05, 0.1) is 0 Å². The molecule has 0 aliphatic rings. The number of halogens is 1. The fourth-order valence-corrected chi connectivity index (χ4v) is 2.74. The number of nitrogens with two attached hydrogens (primary N) is 1. The van der Waals surface area contributed by atoms with Crippen LogP contribution in [-0.2, 0) is 7.05 Å². The second-order valence-electron chi connectivity index (χ2n) is 4.90. The number of nitrogen functional groups attached to an aromatic ring is 1. The summed E-state index contributed by atoms with van der Waals surface area (Å²) in [6, 6.07) is 6.21. The highest BCUT2D eigenvalue weighted by Crippen LogP contribution is 2.33. The quantitative estimate of drug-likeness (QED) is 0.915. The number of nitrogens with zero attached hydrogens (tertiary/aromatic N) is 2. The van der Waals surface area contributed by atoms with E-state index in [9.17, 15) is 0 Å². The normalized spacial score (nSPS) is 11.2. The van der Waals surface area contributed by atoms with Gasteiger partial charge in [0, 0.05) is 23.0 Å². The summed E-state index contributed by atoms with van der Waals surface area (Å²) in [6.45, 7) is 6.31. The van der Waals surface area contributed by atoms with E-state index in [-0.39, 0.29) is 0 Å². The Labute approximate surface area is 116 Å². The van der Waals surface area contributed by atoms with Crippen molar-refractivity contribution in [3.05, 3.63) is 34.1 Å². The zero-order valence-electron chi connectivity index (χ0n) is 11.2. The molecule has 0 unspecified atom stereocenters. The summed E-state index contributed by atoms with van der Waals surface area (Å²) in [5.41, 5.74) is 9.27. The summed E-state index contributed by atoms with van der Waals surface area (Å²) in [4.78, 5) is 4.68. The van der Waals surface area contributed by atoms with E-state index in [1.165, 1.54) is 5.56 Å². The van der Waals surface area contributed by atoms with Crippen LogP contribution in [0.4, 0.5) is 5.82 Å². The molecular formula is C14H18BrN3.